The maximum Gasteiger partial charge on any atom is 0.338 e. The van der Waals surface area contributed by atoms with E-state index in [0.29, 0.717) is 40.8 Å². The number of esters is 4. The predicted molar refractivity (Wildman–Crippen MR) is 316 cm³/mol. The van der Waals surface area contributed by atoms with Gasteiger partial charge in [0.05, 0.1) is 35.6 Å². The molecule has 16 nitrogen and oxygen atoms in total. The molecule has 4 aliphatic rings. The number of carbonyl (C=O) groups is 6. The predicted octanol–water partition coefficient (Wildman–Crippen LogP) is 11.6. The molecular weight excluding hydrogens is 1090 g/mol. The fourth-order valence-electron chi connectivity index (χ4n) is 13.0. The van der Waals surface area contributed by atoms with Gasteiger partial charge in [-0.05, 0) is 109 Å². The second-order valence-corrected chi connectivity index (χ2v) is 34.6. The monoisotopic (exact) mass is 1170 g/mol. The lowest BCUT2D eigenvalue weighted by molar-refractivity contribution is -0.344. The van der Waals surface area contributed by atoms with Crippen LogP contribution in [-0.2, 0) is 51.7 Å². The lowest BCUT2D eigenvalue weighted by Crippen LogP contribution is -2.82. The van der Waals surface area contributed by atoms with Gasteiger partial charge in [-0.25, -0.2) is 9.59 Å². The van der Waals surface area contributed by atoms with E-state index < -0.39 is 134 Å². The van der Waals surface area contributed by atoms with Crippen molar-refractivity contribution in [2.45, 2.75) is 186 Å². The Balaban J connectivity index is 1.37. The Bertz CT molecular complexity index is 3080. The molecule has 2 bridgehead atoms. The highest BCUT2D eigenvalue weighted by atomic mass is 28.4. The number of hydrogen-bond donors (Lipinski definition) is 2. The van der Waals surface area contributed by atoms with Crippen LogP contribution in [0.1, 0.15) is 128 Å². The third-order valence-corrected chi connectivity index (χ3v) is 28.1. The molecule has 4 aromatic rings. The number of aliphatic hydroxyl groups is 1. The van der Waals surface area contributed by atoms with Crippen molar-refractivity contribution in [1.29, 1.82) is 0 Å². The molecular formula is C65H83NO15Si2. The van der Waals surface area contributed by atoms with Crippen LogP contribution in [0.3, 0.4) is 0 Å². The van der Waals surface area contributed by atoms with Gasteiger partial charge in [0.25, 0.3) is 5.91 Å². The van der Waals surface area contributed by atoms with Gasteiger partial charge in [-0.2, -0.15) is 0 Å². The second kappa shape index (κ2) is 24.0. The molecule has 0 unspecified atom stereocenters. The summed E-state index contributed by atoms with van der Waals surface area (Å²) in [6.45, 7) is 25.0. The third-order valence-electron chi connectivity index (χ3n) is 19.0. The minimum absolute atomic E-state index is 0.0227. The maximum absolute atomic E-state index is 16.8. The standard InChI is InChI=1S/C65H83NO15Si2/c1-15-83(16-2,17-3)80-49-37-50-64(39-74-50,79-42(6)68)55-57(78-59(71)45-32-27-35-47(36-45)76-46-33-25-20-26-34-46)65(73)38-48(40(4)51(62(65,10)11)53(75-41(5)67)56(69)63(49,55)12)77-60(72)54(81-82(13,14)61(7,8)9)52(43-28-21-18-22-29-43)66-58(70)44-30-23-19-24-31-44/h18-36,48-50,52-55,57,73H,15-17,37-39H2,1-14H3,(H,66,70)/t48-,49-,50+,52-,53+,54+,55-,57-,63+,64-,65+/m0/s1. The number of amides is 1. The molecule has 0 radical (unpaired) electrons. The van der Waals surface area contributed by atoms with E-state index in [4.69, 9.17) is 37.3 Å². The Hall–Kier alpha value is -6.29. The molecule has 1 amide bonds. The average Bonchev–Trinajstić information content (AvgIpc) is 1.37. The highest BCUT2D eigenvalue weighted by Gasteiger charge is 2.79. The number of benzene rings is 4. The summed E-state index contributed by atoms with van der Waals surface area (Å²) in [7, 11) is -5.68. The largest absolute Gasteiger partial charge is 0.457 e. The molecule has 3 aliphatic carbocycles. The molecule has 8 rings (SSSR count). The minimum Gasteiger partial charge on any atom is -0.457 e. The molecule has 2 N–H and O–H groups in total. The van der Waals surface area contributed by atoms with E-state index in [9.17, 15) is 19.5 Å². The lowest BCUT2D eigenvalue weighted by Gasteiger charge is -2.68. The maximum atomic E-state index is 16.8. The van der Waals surface area contributed by atoms with Crippen molar-refractivity contribution in [2.75, 3.05) is 6.61 Å². The first-order valence-electron chi connectivity index (χ1n) is 29.0. The van der Waals surface area contributed by atoms with Crippen LogP contribution in [0.2, 0.25) is 36.3 Å². The minimum atomic E-state index is -2.98. The first-order chi connectivity index (χ1) is 39.0. The summed E-state index contributed by atoms with van der Waals surface area (Å²) in [4.78, 5) is 89.9. The van der Waals surface area contributed by atoms with E-state index in [1.165, 1.54) is 26.0 Å². The van der Waals surface area contributed by atoms with Crippen molar-refractivity contribution in [3.63, 3.8) is 0 Å². The van der Waals surface area contributed by atoms with E-state index in [-0.39, 0.29) is 29.7 Å². The third kappa shape index (κ3) is 11.8. The Kier molecular flexibility index (Phi) is 18.1. The Morgan fingerprint density at radius 2 is 1.35 bits per heavy atom. The van der Waals surface area contributed by atoms with Crippen molar-refractivity contribution >= 4 is 52.2 Å². The van der Waals surface area contributed by atoms with Gasteiger partial charge in [0.2, 0.25) is 0 Å². The van der Waals surface area contributed by atoms with Gasteiger partial charge in [0, 0.05) is 37.7 Å². The average molecular weight is 1170 g/mol. The van der Waals surface area contributed by atoms with Gasteiger partial charge >= 0.3 is 23.9 Å². The van der Waals surface area contributed by atoms with Crippen LogP contribution >= 0.6 is 0 Å². The number of para-hydroxylation sites is 1. The van der Waals surface area contributed by atoms with Gasteiger partial charge < -0.3 is 47.7 Å². The summed E-state index contributed by atoms with van der Waals surface area (Å²) < 4.78 is 53.6. The summed E-state index contributed by atoms with van der Waals surface area (Å²) in [6, 6.07) is 33.8. The van der Waals surface area contributed by atoms with E-state index in [1.54, 1.807) is 107 Å². The number of hydrogen-bond acceptors (Lipinski definition) is 15. The number of ether oxygens (including phenoxy) is 6. The lowest BCUT2D eigenvalue weighted by atomic mass is 9.44. The van der Waals surface area contributed by atoms with Crippen LogP contribution in [0.5, 0.6) is 11.5 Å². The van der Waals surface area contributed by atoms with Gasteiger partial charge in [-0.3, -0.25) is 19.2 Å². The Morgan fingerprint density at radius 3 is 1.90 bits per heavy atom. The zero-order chi connectivity index (χ0) is 60.7. The van der Waals surface area contributed by atoms with Crippen molar-refractivity contribution in [3.05, 3.63) is 143 Å². The molecule has 11 atom stereocenters. The first kappa shape index (κ1) is 62.8. The molecule has 0 spiro atoms. The molecule has 0 aromatic heterocycles. The smallest absolute Gasteiger partial charge is 0.338 e. The topological polar surface area (TPSA) is 209 Å². The molecule has 1 aliphatic heterocycles. The van der Waals surface area contributed by atoms with E-state index in [2.05, 4.69) is 26.1 Å². The summed E-state index contributed by atoms with van der Waals surface area (Å²) in [5.74, 6) is -5.19. The van der Waals surface area contributed by atoms with E-state index in [1.807, 2.05) is 58.1 Å². The summed E-state index contributed by atoms with van der Waals surface area (Å²) in [5, 5.41) is 17.3. The molecule has 83 heavy (non-hydrogen) atoms. The van der Waals surface area contributed by atoms with E-state index >= 15 is 14.4 Å². The summed E-state index contributed by atoms with van der Waals surface area (Å²) >= 11 is 0. The molecule has 2 saturated carbocycles. The zero-order valence-corrected chi connectivity index (χ0v) is 52.5. The number of rotatable bonds is 19. The first-order valence-corrected chi connectivity index (χ1v) is 34.4. The van der Waals surface area contributed by atoms with E-state index in [0.717, 1.165) is 0 Å². The van der Waals surface area contributed by atoms with Crippen LogP contribution in [0.25, 0.3) is 0 Å². The van der Waals surface area contributed by atoms with Crippen molar-refractivity contribution in [2.24, 2.45) is 16.7 Å². The summed E-state index contributed by atoms with van der Waals surface area (Å²) in [5.41, 5.74) is -6.42. The van der Waals surface area contributed by atoms with Gasteiger partial charge in [0.15, 0.2) is 40.2 Å². The molecule has 3 fully saturated rings. The van der Waals surface area contributed by atoms with Crippen LogP contribution in [0.15, 0.2) is 126 Å². The van der Waals surface area contributed by atoms with Crippen LogP contribution in [-0.4, -0.2) is 112 Å². The number of fused-ring (bicyclic) bond motifs is 5. The zero-order valence-electron chi connectivity index (χ0n) is 50.5. The second-order valence-electron chi connectivity index (χ2n) is 25.1. The van der Waals surface area contributed by atoms with Crippen molar-refractivity contribution in [1.82, 2.24) is 5.32 Å². The molecule has 18 heteroatoms. The van der Waals surface area contributed by atoms with Gasteiger partial charge in [-0.15, -0.1) is 0 Å². The fraction of sp³-hybridized carbons (Fsp3) is 0.508. The highest BCUT2D eigenvalue weighted by Crippen LogP contribution is 2.65. The number of Topliss-reactive ketones (excluding diaryl/α,β-unsaturated/α-hetero) is 1. The number of ketones is 1. The van der Waals surface area contributed by atoms with Crippen LogP contribution in [0.4, 0.5) is 0 Å². The molecule has 4 aromatic carbocycles. The van der Waals surface area contributed by atoms with Crippen LogP contribution < -0.4 is 10.1 Å². The molecule has 446 valence electrons. The van der Waals surface area contributed by atoms with Gasteiger partial charge in [-0.1, -0.05) is 128 Å². The normalized spacial score (nSPS) is 27.4. The number of nitrogens with one attached hydrogen (secondary N) is 1. The van der Waals surface area contributed by atoms with Crippen molar-refractivity contribution < 1.29 is 71.1 Å². The fourth-order valence-corrected chi connectivity index (χ4v) is 17.1. The molecule has 1 saturated heterocycles. The SMILES string of the molecule is CC[Si](CC)(CC)O[C@H]1C[C@H]2OC[C@@]2(OC(C)=O)[C@H]2[C@H](OC(=O)c3cccc(Oc4ccccc4)c3)[C@]3(O)C[C@H](OC(=O)[C@H](O[Si](C)(C)C(C)(C)C)[C@@H](NC(=O)c4ccccc4)c4ccccc4)C(C)=C([C@@H](OC(C)=O)C(=O)[C@]12C)C3(C)C. The summed E-state index contributed by atoms with van der Waals surface area (Å²) in [6.07, 6.45) is -8.88. The Morgan fingerprint density at radius 1 is 0.771 bits per heavy atom. The highest BCUT2D eigenvalue weighted by molar-refractivity contribution is 6.74. The van der Waals surface area contributed by atoms with Gasteiger partial charge in [0.1, 0.15) is 35.4 Å². The quantitative estimate of drug-likeness (QED) is 0.0387. The molecule has 1 heterocycles. The number of carbonyl (C=O) groups excluding carboxylic acids is 6. The Labute approximate surface area is 490 Å². The van der Waals surface area contributed by atoms with Crippen molar-refractivity contribution in [3.8, 4) is 11.5 Å². The van der Waals surface area contributed by atoms with Crippen LogP contribution in [0, 0.1) is 16.7 Å².